The normalized spacial score (nSPS) is 11.1. The van der Waals surface area contributed by atoms with E-state index in [1.807, 2.05) is 6.26 Å². The molecule has 0 radical (unpaired) electrons. The number of halogens is 2. The Morgan fingerprint density at radius 3 is 2.91 bits per heavy atom. The van der Waals surface area contributed by atoms with Crippen LogP contribution < -0.4 is 0 Å². The number of rotatable bonds is 4. The van der Waals surface area contributed by atoms with Crippen molar-refractivity contribution in [2.24, 2.45) is 0 Å². The highest BCUT2D eigenvalue weighted by molar-refractivity contribution is 7.98. The first-order valence-electron chi connectivity index (χ1n) is 6.82. The Labute approximate surface area is 146 Å². The molecular formula is C15H13Cl2N3O2S. The highest BCUT2D eigenvalue weighted by Crippen LogP contribution is 2.32. The number of ether oxygens (including phenoxy) is 1. The van der Waals surface area contributed by atoms with Crippen LogP contribution in [0.1, 0.15) is 17.3 Å². The Morgan fingerprint density at radius 2 is 2.22 bits per heavy atom. The lowest BCUT2D eigenvalue weighted by atomic mass is 10.2. The minimum Gasteiger partial charge on any atom is -0.462 e. The number of hydrogen-bond acceptors (Lipinski definition) is 4. The molecule has 120 valence electrons. The van der Waals surface area contributed by atoms with Gasteiger partial charge in [-0.05, 0) is 31.4 Å². The lowest BCUT2D eigenvalue weighted by Crippen LogP contribution is -2.05. The fourth-order valence-corrected chi connectivity index (χ4v) is 3.22. The third-order valence-electron chi connectivity index (χ3n) is 3.27. The summed E-state index contributed by atoms with van der Waals surface area (Å²) in [5.74, 6) is -0.405. The molecule has 2 aromatic heterocycles. The second kappa shape index (κ2) is 6.47. The molecule has 0 aliphatic heterocycles. The number of carbonyl (C=O) groups is 1. The maximum Gasteiger partial charge on any atom is 0.344 e. The van der Waals surface area contributed by atoms with Gasteiger partial charge in [0, 0.05) is 10.6 Å². The summed E-state index contributed by atoms with van der Waals surface area (Å²) in [6, 6.07) is 5.17. The molecule has 3 rings (SSSR count). The van der Waals surface area contributed by atoms with Crippen molar-refractivity contribution in [3.8, 4) is 11.3 Å². The number of H-pyrrole nitrogens is 1. The van der Waals surface area contributed by atoms with Gasteiger partial charge in [-0.1, -0.05) is 23.2 Å². The smallest absolute Gasteiger partial charge is 0.344 e. The molecule has 0 aliphatic rings. The average Bonchev–Trinajstić information content (AvgIpc) is 3.06. The zero-order valence-electron chi connectivity index (χ0n) is 12.4. The van der Waals surface area contributed by atoms with Crippen molar-refractivity contribution >= 4 is 46.6 Å². The molecule has 0 aliphatic carbocycles. The van der Waals surface area contributed by atoms with E-state index in [2.05, 4.69) is 10.1 Å². The van der Waals surface area contributed by atoms with Crippen LogP contribution in [-0.4, -0.2) is 33.4 Å². The van der Waals surface area contributed by atoms with Gasteiger partial charge in [0.15, 0.2) is 5.65 Å². The molecule has 0 saturated heterocycles. The number of esters is 1. The van der Waals surface area contributed by atoms with Crippen molar-refractivity contribution in [3.63, 3.8) is 0 Å². The zero-order valence-corrected chi connectivity index (χ0v) is 14.7. The summed E-state index contributed by atoms with van der Waals surface area (Å²) in [5.41, 5.74) is 2.25. The Hall–Kier alpha value is -1.63. The highest BCUT2D eigenvalue weighted by Gasteiger charge is 2.23. The first kappa shape index (κ1) is 16.2. The molecule has 0 atom stereocenters. The molecule has 5 nitrogen and oxygen atoms in total. The summed E-state index contributed by atoms with van der Waals surface area (Å²) in [6.07, 6.45) is 3.65. The predicted octanol–water partition coefficient (Wildman–Crippen LogP) is 4.53. The number of nitrogens with one attached hydrogen (secondary N) is 1. The summed E-state index contributed by atoms with van der Waals surface area (Å²) >= 11 is 13.7. The monoisotopic (exact) mass is 369 g/mol. The van der Waals surface area contributed by atoms with Gasteiger partial charge >= 0.3 is 5.97 Å². The van der Waals surface area contributed by atoms with Crippen LogP contribution in [0.4, 0.5) is 0 Å². The third-order valence-corrected chi connectivity index (χ3v) is 4.53. The summed E-state index contributed by atoms with van der Waals surface area (Å²) in [5, 5.41) is 4.93. The molecule has 1 aromatic carbocycles. The average molecular weight is 370 g/mol. The minimum atomic E-state index is -0.405. The van der Waals surface area contributed by atoms with Crippen LogP contribution in [0.25, 0.3) is 16.9 Å². The number of aromatic nitrogens is 3. The Bertz CT molecular complexity index is 888. The maximum atomic E-state index is 12.2. The quantitative estimate of drug-likeness (QED) is 0.541. The van der Waals surface area contributed by atoms with Crippen LogP contribution in [0.3, 0.4) is 0 Å². The van der Waals surface area contributed by atoms with E-state index in [1.165, 1.54) is 11.8 Å². The van der Waals surface area contributed by atoms with E-state index in [0.717, 1.165) is 0 Å². The molecule has 0 amide bonds. The van der Waals surface area contributed by atoms with Crippen LogP contribution in [0.15, 0.2) is 29.4 Å². The molecule has 0 spiro atoms. The van der Waals surface area contributed by atoms with Crippen molar-refractivity contribution in [2.45, 2.75) is 11.9 Å². The number of thioether (sulfide) groups is 1. The Kier molecular flexibility index (Phi) is 4.57. The molecule has 23 heavy (non-hydrogen) atoms. The number of hydrogen-bond donors (Lipinski definition) is 1. The van der Waals surface area contributed by atoms with E-state index >= 15 is 0 Å². The SMILES string of the molecule is CCOC(=O)c1c(SC)[nH]n2cc(-c3cc(Cl)ccc3Cl)nc12. The van der Waals surface area contributed by atoms with E-state index < -0.39 is 5.97 Å². The topological polar surface area (TPSA) is 59.4 Å². The molecule has 2 heterocycles. The van der Waals surface area contributed by atoms with Crippen LogP contribution in [0.2, 0.25) is 10.0 Å². The first-order valence-corrected chi connectivity index (χ1v) is 8.80. The van der Waals surface area contributed by atoms with Crippen molar-refractivity contribution in [3.05, 3.63) is 40.0 Å². The lowest BCUT2D eigenvalue weighted by molar-refractivity contribution is 0.0524. The Morgan fingerprint density at radius 1 is 1.43 bits per heavy atom. The molecule has 0 bridgehead atoms. The highest BCUT2D eigenvalue weighted by atomic mass is 35.5. The molecular weight excluding hydrogens is 357 g/mol. The minimum absolute atomic E-state index is 0.303. The van der Waals surface area contributed by atoms with Gasteiger partial charge in [0.1, 0.15) is 10.6 Å². The summed E-state index contributed by atoms with van der Waals surface area (Å²) in [4.78, 5) is 16.7. The number of aromatic amines is 1. The molecule has 0 fully saturated rings. The van der Waals surface area contributed by atoms with Gasteiger partial charge in [-0.2, -0.15) is 0 Å². The van der Waals surface area contributed by atoms with Crippen LogP contribution in [0.5, 0.6) is 0 Å². The maximum absolute atomic E-state index is 12.2. The first-order chi connectivity index (χ1) is 11.0. The number of benzene rings is 1. The van der Waals surface area contributed by atoms with Gasteiger partial charge in [0.25, 0.3) is 0 Å². The van der Waals surface area contributed by atoms with Gasteiger partial charge in [-0.15, -0.1) is 11.8 Å². The van der Waals surface area contributed by atoms with Crippen molar-refractivity contribution in [1.82, 2.24) is 14.6 Å². The second-order valence-electron chi connectivity index (χ2n) is 4.68. The van der Waals surface area contributed by atoms with Gasteiger partial charge in [-0.25, -0.2) is 14.3 Å². The van der Waals surface area contributed by atoms with E-state index in [4.69, 9.17) is 27.9 Å². The predicted molar refractivity (Wildman–Crippen MR) is 92.7 cm³/mol. The van der Waals surface area contributed by atoms with E-state index in [1.54, 1.807) is 35.8 Å². The zero-order chi connectivity index (χ0) is 16.6. The Balaban J connectivity index is 2.16. The van der Waals surface area contributed by atoms with Crippen LogP contribution in [0, 0.1) is 0 Å². The van der Waals surface area contributed by atoms with Crippen LogP contribution in [-0.2, 0) is 4.74 Å². The van der Waals surface area contributed by atoms with Gasteiger partial charge in [0.2, 0.25) is 0 Å². The number of nitrogens with zero attached hydrogens (tertiary/aromatic N) is 2. The number of imidazole rings is 1. The van der Waals surface area contributed by atoms with Gasteiger partial charge < -0.3 is 4.74 Å². The number of fused-ring (bicyclic) bond motifs is 1. The summed E-state index contributed by atoms with van der Waals surface area (Å²) in [7, 11) is 0. The second-order valence-corrected chi connectivity index (χ2v) is 6.34. The fraction of sp³-hybridized carbons (Fsp3) is 0.200. The van der Waals surface area contributed by atoms with Crippen molar-refractivity contribution in [1.29, 1.82) is 0 Å². The molecule has 1 N–H and O–H groups in total. The summed E-state index contributed by atoms with van der Waals surface area (Å²) in [6.45, 7) is 2.07. The van der Waals surface area contributed by atoms with E-state index in [0.29, 0.717) is 44.1 Å². The number of carbonyl (C=O) groups excluding carboxylic acids is 1. The molecule has 0 saturated carbocycles. The fourth-order valence-electron chi connectivity index (χ4n) is 2.27. The molecule has 0 unspecified atom stereocenters. The van der Waals surface area contributed by atoms with Crippen LogP contribution >= 0.6 is 35.0 Å². The standard InChI is InChI=1S/C15H13Cl2N3O2S/c1-3-22-15(21)12-13-18-11(7-20(13)19-14(12)23-2)9-6-8(16)4-5-10(9)17/h4-7,19H,3H2,1-2H3. The summed E-state index contributed by atoms with van der Waals surface area (Å²) < 4.78 is 6.81. The lowest BCUT2D eigenvalue weighted by Gasteiger charge is -2.02. The van der Waals surface area contributed by atoms with Gasteiger partial charge in [0.05, 0.1) is 23.5 Å². The van der Waals surface area contributed by atoms with E-state index in [9.17, 15) is 4.79 Å². The molecule has 8 heteroatoms. The van der Waals surface area contributed by atoms with Crippen molar-refractivity contribution < 1.29 is 9.53 Å². The van der Waals surface area contributed by atoms with E-state index in [-0.39, 0.29) is 0 Å². The van der Waals surface area contributed by atoms with Gasteiger partial charge in [-0.3, -0.25) is 5.10 Å². The third kappa shape index (κ3) is 2.94. The molecule has 3 aromatic rings. The van der Waals surface area contributed by atoms with Crippen molar-refractivity contribution in [2.75, 3.05) is 12.9 Å². The largest absolute Gasteiger partial charge is 0.462 e.